The highest BCUT2D eigenvalue weighted by Gasteiger charge is 2.19. The number of para-hydroxylation sites is 2. The van der Waals surface area contributed by atoms with Gasteiger partial charge in [-0.15, -0.1) is 0 Å². The van der Waals surface area contributed by atoms with Crippen molar-refractivity contribution in [3.05, 3.63) is 84.9 Å². The van der Waals surface area contributed by atoms with Gasteiger partial charge in [-0.25, -0.2) is 0 Å². The highest BCUT2D eigenvalue weighted by Crippen LogP contribution is 2.25. The summed E-state index contributed by atoms with van der Waals surface area (Å²) < 4.78 is 11.6. The lowest BCUT2D eigenvalue weighted by molar-refractivity contribution is 0.0662. The molecule has 1 saturated heterocycles. The van der Waals surface area contributed by atoms with Gasteiger partial charge in [0, 0.05) is 44.5 Å². The van der Waals surface area contributed by atoms with Crippen molar-refractivity contribution in [2.24, 2.45) is 0 Å². The number of hydrogen-bond donors (Lipinski definition) is 1. The molecule has 1 N–H and O–H groups in total. The van der Waals surface area contributed by atoms with E-state index in [1.54, 1.807) is 0 Å². The van der Waals surface area contributed by atoms with Crippen molar-refractivity contribution in [2.75, 3.05) is 44.2 Å². The van der Waals surface area contributed by atoms with E-state index in [0.29, 0.717) is 18.0 Å². The Balaban J connectivity index is 1.22. The maximum atomic E-state index is 10.4. The van der Waals surface area contributed by atoms with E-state index in [0.717, 1.165) is 31.9 Å². The molecule has 3 aromatic rings. The zero-order valence-corrected chi connectivity index (χ0v) is 17.1. The highest BCUT2D eigenvalue weighted by molar-refractivity contribution is 5.46. The Morgan fingerprint density at radius 2 is 1.37 bits per heavy atom. The number of nitrogens with zero attached hydrogens (tertiary/aromatic N) is 2. The minimum atomic E-state index is -0.535. The molecule has 1 heterocycles. The molecule has 0 unspecified atom stereocenters. The van der Waals surface area contributed by atoms with Crippen molar-refractivity contribution in [1.29, 1.82) is 0 Å². The highest BCUT2D eigenvalue weighted by atomic mass is 16.5. The second kappa shape index (κ2) is 10.1. The van der Waals surface area contributed by atoms with E-state index in [2.05, 4.69) is 34.1 Å². The van der Waals surface area contributed by atoms with Crippen LogP contribution < -0.4 is 14.4 Å². The molecule has 5 nitrogen and oxygen atoms in total. The van der Waals surface area contributed by atoms with E-state index in [1.165, 1.54) is 5.69 Å². The molecule has 3 aromatic carbocycles. The van der Waals surface area contributed by atoms with Gasteiger partial charge >= 0.3 is 0 Å². The smallest absolute Gasteiger partial charge is 0.131 e. The average molecular weight is 405 g/mol. The molecule has 1 atom stereocenters. The summed E-state index contributed by atoms with van der Waals surface area (Å²) >= 11 is 0. The summed E-state index contributed by atoms with van der Waals surface area (Å²) in [7, 11) is 0. The van der Waals surface area contributed by atoms with Gasteiger partial charge in [-0.1, -0.05) is 42.5 Å². The monoisotopic (exact) mass is 404 g/mol. The number of benzene rings is 3. The number of β-amino-alcohol motifs (C(OH)–C–C–N with tert-alkyl or cyclic N) is 1. The largest absolute Gasteiger partial charge is 0.491 e. The lowest BCUT2D eigenvalue weighted by Crippen LogP contribution is -2.49. The van der Waals surface area contributed by atoms with Crippen LogP contribution in [0.3, 0.4) is 0 Å². The summed E-state index contributed by atoms with van der Waals surface area (Å²) in [4.78, 5) is 4.68. The number of anilines is 1. The van der Waals surface area contributed by atoms with E-state index >= 15 is 0 Å². The van der Waals surface area contributed by atoms with Crippen LogP contribution in [0.2, 0.25) is 0 Å². The van der Waals surface area contributed by atoms with Crippen molar-refractivity contribution in [1.82, 2.24) is 4.90 Å². The molecule has 1 aliphatic heterocycles. The summed E-state index contributed by atoms with van der Waals surface area (Å²) in [5, 5.41) is 10.4. The Kier molecular flexibility index (Phi) is 6.85. The van der Waals surface area contributed by atoms with Gasteiger partial charge < -0.3 is 19.5 Å². The molecule has 156 valence electrons. The van der Waals surface area contributed by atoms with E-state index in [4.69, 9.17) is 9.47 Å². The van der Waals surface area contributed by atoms with Gasteiger partial charge in [0.2, 0.25) is 0 Å². The van der Waals surface area contributed by atoms with E-state index in [9.17, 15) is 5.11 Å². The summed E-state index contributed by atoms with van der Waals surface area (Å²) in [5.74, 6) is 2.19. The molecule has 1 aliphatic rings. The Labute approximate surface area is 178 Å². The van der Waals surface area contributed by atoms with Crippen LogP contribution >= 0.6 is 0 Å². The molecule has 0 radical (unpaired) electrons. The van der Waals surface area contributed by atoms with Crippen molar-refractivity contribution < 1.29 is 14.6 Å². The third kappa shape index (κ3) is 5.75. The van der Waals surface area contributed by atoms with Crippen LogP contribution in [0.1, 0.15) is 0 Å². The Bertz CT molecular complexity index is 897. The fourth-order valence-electron chi connectivity index (χ4n) is 3.62. The molecule has 30 heavy (non-hydrogen) atoms. The van der Waals surface area contributed by atoms with Crippen LogP contribution in [0.15, 0.2) is 84.9 Å². The van der Waals surface area contributed by atoms with Gasteiger partial charge in [-0.3, -0.25) is 4.90 Å². The molecule has 0 aliphatic carbocycles. The molecule has 0 spiro atoms. The summed E-state index contributed by atoms with van der Waals surface area (Å²) in [6.07, 6.45) is -0.535. The number of hydrogen-bond acceptors (Lipinski definition) is 5. The first-order valence-electron chi connectivity index (χ1n) is 10.4. The Hall–Kier alpha value is -3.02. The molecule has 0 amide bonds. The van der Waals surface area contributed by atoms with E-state index < -0.39 is 6.10 Å². The topological polar surface area (TPSA) is 45.2 Å². The third-order valence-corrected chi connectivity index (χ3v) is 5.19. The zero-order chi connectivity index (χ0) is 20.6. The third-order valence-electron chi connectivity index (χ3n) is 5.19. The normalized spacial score (nSPS) is 15.6. The van der Waals surface area contributed by atoms with Crippen LogP contribution in [0.4, 0.5) is 5.69 Å². The van der Waals surface area contributed by atoms with Gasteiger partial charge in [0.1, 0.15) is 30.0 Å². The number of ether oxygens (including phenoxy) is 2. The fraction of sp³-hybridized carbons (Fsp3) is 0.280. The predicted molar refractivity (Wildman–Crippen MR) is 120 cm³/mol. The number of aliphatic hydroxyl groups is 1. The second-order valence-corrected chi connectivity index (χ2v) is 7.48. The predicted octanol–water partition coefficient (Wildman–Crippen LogP) is 4.04. The first kappa shape index (κ1) is 20.3. The quantitative estimate of drug-likeness (QED) is 0.614. The average Bonchev–Trinajstić information content (AvgIpc) is 2.80. The standard InChI is InChI=1S/C25H28N2O3/c28-22(19-26-14-16-27(17-15-26)21-8-3-1-4-9-21)20-29-24-12-7-13-25(18-24)30-23-10-5-2-6-11-23/h1-13,18,22,28H,14-17,19-20H2/t22-/m0/s1. The molecule has 5 heteroatoms. The van der Waals surface area contributed by atoms with E-state index in [1.807, 2.05) is 60.7 Å². The Morgan fingerprint density at radius 3 is 2.10 bits per heavy atom. The van der Waals surface area contributed by atoms with Crippen LogP contribution in [0.5, 0.6) is 17.2 Å². The summed E-state index contributed by atoms with van der Waals surface area (Å²) in [6.45, 7) is 4.68. The minimum absolute atomic E-state index is 0.258. The maximum absolute atomic E-state index is 10.4. The SMILES string of the molecule is O[C@H](COc1cccc(Oc2ccccc2)c1)CN1CCN(c2ccccc2)CC1. The lowest BCUT2D eigenvalue weighted by Gasteiger charge is -2.36. The molecule has 0 saturated carbocycles. The first-order chi connectivity index (χ1) is 14.8. The molecule has 0 aromatic heterocycles. The fourth-order valence-corrected chi connectivity index (χ4v) is 3.62. The van der Waals surface area contributed by atoms with Crippen LogP contribution in [0.25, 0.3) is 0 Å². The van der Waals surface area contributed by atoms with Crippen molar-refractivity contribution in [2.45, 2.75) is 6.10 Å². The van der Waals surface area contributed by atoms with Gasteiger partial charge in [0.25, 0.3) is 0 Å². The Morgan fingerprint density at radius 1 is 0.733 bits per heavy atom. The molecular weight excluding hydrogens is 376 g/mol. The molecule has 1 fully saturated rings. The number of rotatable bonds is 8. The van der Waals surface area contributed by atoms with E-state index in [-0.39, 0.29) is 6.61 Å². The van der Waals surface area contributed by atoms with Gasteiger partial charge in [0.15, 0.2) is 0 Å². The minimum Gasteiger partial charge on any atom is -0.491 e. The summed E-state index contributed by atoms with van der Waals surface area (Å²) in [5.41, 5.74) is 1.26. The number of piperazine rings is 1. The summed E-state index contributed by atoms with van der Waals surface area (Å²) in [6, 6.07) is 27.6. The molecular formula is C25H28N2O3. The zero-order valence-electron chi connectivity index (χ0n) is 17.1. The molecule has 0 bridgehead atoms. The van der Waals surface area contributed by atoms with Gasteiger partial charge in [-0.2, -0.15) is 0 Å². The first-order valence-corrected chi connectivity index (χ1v) is 10.4. The van der Waals surface area contributed by atoms with Gasteiger partial charge in [0.05, 0.1) is 0 Å². The van der Waals surface area contributed by atoms with Crippen molar-refractivity contribution in [3.63, 3.8) is 0 Å². The van der Waals surface area contributed by atoms with Gasteiger partial charge in [-0.05, 0) is 36.4 Å². The molecule has 4 rings (SSSR count). The lowest BCUT2D eigenvalue weighted by atomic mass is 10.2. The van der Waals surface area contributed by atoms with Crippen molar-refractivity contribution in [3.8, 4) is 17.2 Å². The van der Waals surface area contributed by atoms with Crippen molar-refractivity contribution >= 4 is 5.69 Å². The second-order valence-electron chi connectivity index (χ2n) is 7.48. The maximum Gasteiger partial charge on any atom is 0.131 e. The van der Waals surface area contributed by atoms with Crippen LogP contribution in [0, 0.1) is 0 Å². The number of aliphatic hydroxyl groups excluding tert-OH is 1. The van der Waals surface area contributed by atoms with Crippen LogP contribution in [-0.2, 0) is 0 Å². The van der Waals surface area contributed by atoms with Crippen LogP contribution in [-0.4, -0.2) is 55.4 Å².